The van der Waals surface area contributed by atoms with Crippen molar-refractivity contribution in [3.8, 4) is 0 Å². The minimum atomic E-state index is -2.90. The molecule has 0 spiro atoms. The van der Waals surface area contributed by atoms with Crippen molar-refractivity contribution in [2.24, 2.45) is 0 Å². The summed E-state index contributed by atoms with van der Waals surface area (Å²) in [6.07, 6.45) is 0. The van der Waals surface area contributed by atoms with Crippen molar-refractivity contribution in [3.05, 3.63) is 121 Å². The number of hydrogen-bond acceptors (Lipinski definition) is 5. The third kappa shape index (κ3) is 6.79. The minimum Gasteiger partial charge on any atom is -0.385 e. The van der Waals surface area contributed by atoms with Gasteiger partial charge in [-0.3, -0.25) is 13.6 Å². The fourth-order valence-electron chi connectivity index (χ4n) is 5.90. The van der Waals surface area contributed by atoms with Gasteiger partial charge in [-0.1, -0.05) is 163 Å². The van der Waals surface area contributed by atoms with Crippen LogP contribution in [0.3, 0.4) is 0 Å². The molecule has 0 N–H and O–H groups in total. The normalized spacial score (nSPS) is 12.9. The quantitative estimate of drug-likeness (QED) is 0.103. The highest BCUT2D eigenvalue weighted by molar-refractivity contribution is 7.33. The van der Waals surface area contributed by atoms with Crippen LogP contribution in [0.4, 0.5) is 0 Å². The predicted octanol–water partition coefficient (Wildman–Crippen LogP) is 6.48. The van der Waals surface area contributed by atoms with Gasteiger partial charge in [-0.25, -0.2) is 0 Å². The van der Waals surface area contributed by atoms with E-state index in [1.807, 2.05) is 72.8 Å². The fraction of sp³-hybridized carbons (Fsp3) is 0.294. The van der Waals surface area contributed by atoms with Crippen LogP contribution in [0, 0.1) is 0 Å². The van der Waals surface area contributed by atoms with Crippen molar-refractivity contribution in [2.75, 3.05) is 13.6 Å². The molecule has 0 bridgehead atoms. The molecule has 0 aliphatic heterocycles. The molecule has 4 aromatic rings. The highest BCUT2D eigenvalue weighted by atomic mass is 31.1. The molecule has 222 valence electrons. The standard InChI is InChI=1S/C34H43O5PSi2/c1-33(2,3)41(29-19-11-7-12-20-29,30-21-13-8-14-22-30)38-27-36-40(35)37-28-39-42(34(4,5)6,31-23-15-9-16-24-31)32-25-17-10-18-26-32/h7-26,40H,27-28H2,1-6H3. The van der Waals surface area contributed by atoms with Crippen LogP contribution in [0.5, 0.6) is 0 Å². The Hall–Kier alpha value is -2.62. The summed E-state index contributed by atoms with van der Waals surface area (Å²) in [7, 11) is -8.54. The largest absolute Gasteiger partial charge is 0.385 e. The van der Waals surface area contributed by atoms with Crippen LogP contribution in [0.15, 0.2) is 121 Å². The van der Waals surface area contributed by atoms with Gasteiger partial charge < -0.3 is 8.85 Å². The summed E-state index contributed by atoms with van der Waals surface area (Å²) >= 11 is 0. The van der Waals surface area contributed by atoms with Crippen LogP contribution >= 0.6 is 8.25 Å². The molecule has 0 aromatic heterocycles. The summed E-state index contributed by atoms with van der Waals surface area (Å²) in [6, 6.07) is 41.2. The third-order valence-corrected chi connectivity index (χ3v) is 18.4. The van der Waals surface area contributed by atoms with Gasteiger partial charge in [0.05, 0.1) is 0 Å². The lowest BCUT2D eigenvalue weighted by Gasteiger charge is -2.43. The second-order valence-corrected chi connectivity index (χ2v) is 22.1. The van der Waals surface area contributed by atoms with E-state index in [2.05, 4.69) is 90.1 Å². The Labute approximate surface area is 254 Å². The Balaban J connectivity index is 1.51. The fourth-order valence-corrected chi connectivity index (χ4v) is 15.3. The van der Waals surface area contributed by atoms with E-state index in [4.69, 9.17) is 17.9 Å². The zero-order valence-corrected chi connectivity index (χ0v) is 28.5. The second kappa shape index (κ2) is 13.8. The monoisotopic (exact) mass is 618 g/mol. The molecule has 0 aliphatic carbocycles. The van der Waals surface area contributed by atoms with Gasteiger partial charge in [-0.2, -0.15) is 0 Å². The smallest absolute Gasteiger partial charge is 0.323 e. The second-order valence-electron chi connectivity index (χ2n) is 12.4. The van der Waals surface area contributed by atoms with E-state index in [-0.39, 0.29) is 23.7 Å². The topological polar surface area (TPSA) is 54.0 Å². The van der Waals surface area contributed by atoms with Crippen molar-refractivity contribution in [2.45, 2.75) is 51.6 Å². The van der Waals surface area contributed by atoms with Gasteiger partial charge in [0.1, 0.15) is 13.6 Å². The summed E-state index contributed by atoms with van der Waals surface area (Å²) in [5, 5.41) is 4.07. The molecule has 0 saturated heterocycles. The Morgan fingerprint density at radius 1 is 0.476 bits per heavy atom. The summed E-state index contributed by atoms with van der Waals surface area (Å²) < 4.78 is 37.9. The molecule has 4 aromatic carbocycles. The first kappa shape index (κ1) is 32.3. The number of hydrogen-bond donors (Lipinski definition) is 0. The maximum Gasteiger partial charge on any atom is 0.323 e. The maximum atomic E-state index is 13.1. The summed E-state index contributed by atoms with van der Waals surface area (Å²) in [6.45, 7) is 12.8. The molecule has 5 nitrogen and oxygen atoms in total. The van der Waals surface area contributed by atoms with Crippen molar-refractivity contribution in [1.82, 2.24) is 0 Å². The van der Waals surface area contributed by atoms with E-state index < -0.39 is 24.9 Å². The SMILES string of the molecule is CC(C)(C)[Si](OCO[PH](=O)OCO[Si](c1ccccc1)(c1ccccc1)C(C)(C)C)(c1ccccc1)c1ccccc1. The van der Waals surface area contributed by atoms with Gasteiger partial charge in [-0.15, -0.1) is 0 Å². The molecule has 42 heavy (non-hydrogen) atoms. The third-order valence-electron chi connectivity index (χ3n) is 7.74. The first-order valence-corrected chi connectivity index (χ1v) is 19.4. The van der Waals surface area contributed by atoms with Gasteiger partial charge in [0.25, 0.3) is 16.6 Å². The molecular formula is C34H43O5PSi2. The summed E-state index contributed by atoms with van der Waals surface area (Å²) in [5.41, 5.74) is 0. The molecular weight excluding hydrogens is 576 g/mol. The lowest BCUT2D eigenvalue weighted by molar-refractivity contribution is 0.0619. The molecule has 0 amide bonds. The van der Waals surface area contributed by atoms with E-state index in [0.717, 1.165) is 20.7 Å². The molecule has 0 fully saturated rings. The molecule has 0 heterocycles. The van der Waals surface area contributed by atoms with Crippen LogP contribution < -0.4 is 20.7 Å². The minimum absolute atomic E-state index is 0.149. The lowest BCUT2D eigenvalue weighted by atomic mass is 10.2. The predicted molar refractivity (Wildman–Crippen MR) is 178 cm³/mol. The summed E-state index contributed by atoms with van der Waals surface area (Å²) in [5.74, 6) is 0. The average molecular weight is 619 g/mol. The van der Waals surface area contributed by atoms with Crippen LogP contribution in [0.1, 0.15) is 41.5 Å². The first-order chi connectivity index (χ1) is 20.0. The van der Waals surface area contributed by atoms with Crippen molar-refractivity contribution in [1.29, 1.82) is 0 Å². The van der Waals surface area contributed by atoms with Crippen molar-refractivity contribution >= 4 is 45.6 Å². The van der Waals surface area contributed by atoms with Crippen LogP contribution in [-0.4, -0.2) is 30.2 Å². The van der Waals surface area contributed by atoms with Crippen LogP contribution in [0.2, 0.25) is 10.1 Å². The van der Waals surface area contributed by atoms with E-state index in [1.54, 1.807) is 0 Å². The number of rotatable bonds is 12. The van der Waals surface area contributed by atoms with Crippen LogP contribution in [-0.2, 0) is 22.5 Å². The van der Waals surface area contributed by atoms with Crippen molar-refractivity contribution in [3.63, 3.8) is 0 Å². The average Bonchev–Trinajstić information content (AvgIpc) is 2.98. The number of benzene rings is 4. The van der Waals surface area contributed by atoms with Gasteiger partial charge in [0.15, 0.2) is 0 Å². The van der Waals surface area contributed by atoms with Gasteiger partial charge in [0, 0.05) is 0 Å². The highest BCUT2D eigenvalue weighted by Crippen LogP contribution is 2.39. The van der Waals surface area contributed by atoms with E-state index in [0.29, 0.717) is 0 Å². The Morgan fingerprint density at radius 2 is 0.714 bits per heavy atom. The van der Waals surface area contributed by atoms with Gasteiger partial charge in [-0.05, 0) is 30.8 Å². The van der Waals surface area contributed by atoms with Crippen LogP contribution in [0.25, 0.3) is 0 Å². The van der Waals surface area contributed by atoms with Gasteiger partial charge in [0.2, 0.25) is 0 Å². The highest BCUT2D eigenvalue weighted by Gasteiger charge is 2.51. The molecule has 0 saturated carbocycles. The molecule has 8 heteroatoms. The molecule has 0 unspecified atom stereocenters. The van der Waals surface area contributed by atoms with Crippen molar-refractivity contribution < 1.29 is 22.5 Å². The lowest BCUT2D eigenvalue weighted by Crippen LogP contribution is -2.66. The van der Waals surface area contributed by atoms with E-state index in [1.165, 1.54) is 0 Å². The maximum absolute atomic E-state index is 13.1. The van der Waals surface area contributed by atoms with Gasteiger partial charge >= 0.3 is 8.25 Å². The molecule has 0 radical (unpaired) electrons. The zero-order chi connectivity index (χ0) is 30.3. The molecule has 0 atom stereocenters. The molecule has 0 aliphatic rings. The molecule has 4 rings (SSSR count). The van der Waals surface area contributed by atoms with E-state index in [9.17, 15) is 4.57 Å². The Kier molecular flexibility index (Phi) is 10.6. The first-order valence-electron chi connectivity index (χ1n) is 14.3. The summed E-state index contributed by atoms with van der Waals surface area (Å²) in [4.78, 5) is 0. The zero-order valence-electron chi connectivity index (χ0n) is 25.5. The Bertz CT molecular complexity index is 1220. The van der Waals surface area contributed by atoms with E-state index >= 15 is 0 Å². The Morgan fingerprint density at radius 3 is 0.929 bits per heavy atom.